The van der Waals surface area contributed by atoms with Gasteiger partial charge < -0.3 is 14.6 Å². The van der Waals surface area contributed by atoms with Gasteiger partial charge in [0.2, 0.25) is 0 Å². The lowest BCUT2D eigenvalue weighted by Crippen LogP contribution is -2.13. The average Bonchev–Trinajstić information content (AvgIpc) is 2.90. The summed E-state index contributed by atoms with van der Waals surface area (Å²) in [6.45, 7) is 3.93. The number of carbonyl (C=O) groups is 1. The van der Waals surface area contributed by atoms with Gasteiger partial charge in [0.1, 0.15) is 5.75 Å². The van der Waals surface area contributed by atoms with Crippen LogP contribution in [-0.4, -0.2) is 22.6 Å². The van der Waals surface area contributed by atoms with E-state index in [2.05, 4.69) is 14.9 Å². The lowest BCUT2D eigenvalue weighted by Gasteiger charge is -2.11. The fraction of sp³-hybridized carbons (Fsp3) is 0.158. The molecule has 0 fully saturated rings. The molecule has 0 bridgehead atoms. The molecule has 0 aliphatic carbocycles. The summed E-state index contributed by atoms with van der Waals surface area (Å²) in [6.07, 6.45) is 3.30. The Morgan fingerprint density at radius 1 is 1.08 bits per heavy atom. The average molecular weight is 321 g/mol. The molecule has 24 heavy (non-hydrogen) atoms. The first-order valence-corrected chi connectivity index (χ1v) is 7.65. The Morgan fingerprint density at radius 2 is 1.75 bits per heavy atom. The molecular formula is C19H19N3O2. The summed E-state index contributed by atoms with van der Waals surface area (Å²) in [5.41, 5.74) is 4.26. The maximum Gasteiger partial charge on any atom is 0.257 e. The van der Waals surface area contributed by atoms with Crippen LogP contribution >= 0.6 is 0 Å². The summed E-state index contributed by atoms with van der Waals surface area (Å²) in [5.74, 6) is 0.672. The second-order valence-corrected chi connectivity index (χ2v) is 5.51. The highest BCUT2D eigenvalue weighted by Crippen LogP contribution is 2.23. The van der Waals surface area contributed by atoms with Crippen LogP contribution < -0.4 is 10.1 Å². The van der Waals surface area contributed by atoms with Gasteiger partial charge in [-0.1, -0.05) is 0 Å². The summed E-state index contributed by atoms with van der Waals surface area (Å²) in [6, 6.07) is 13.2. The van der Waals surface area contributed by atoms with Gasteiger partial charge in [-0.25, -0.2) is 0 Å². The maximum atomic E-state index is 12.6. The van der Waals surface area contributed by atoms with Crippen molar-refractivity contribution in [1.82, 2.24) is 9.55 Å². The van der Waals surface area contributed by atoms with Crippen molar-refractivity contribution >= 4 is 11.6 Å². The monoisotopic (exact) mass is 321 g/mol. The minimum atomic E-state index is -0.130. The number of ether oxygens (including phenoxy) is 1. The van der Waals surface area contributed by atoms with Crippen molar-refractivity contribution in [3.05, 3.63) is 71.8 Å². The van der Waals surface area contributed by atoms with E-state index in [1.54, 1.807) is 31.6 Å². The second kappa shape index (κ2) is 6.58. The highest BCUT2D eigenvalue weighted by atomic mass is 16.5. The van der Waals surface area contributed by atoms with Crippen LogP contribution in [0.25, 0.3) is 5.69 Å². The topological polar surface area (TPSA) is 56.1 Å². The predicted molar refractivity (Wildman–Crippen MR) is 94.0 cm³/mol. The zero-order valence-electron chi connectivity index (χ0n) is 13.9. The molecule has 1 N–H and O–H groups in total. The van der Waals surface area contributed by atoms with Gasteiger partial charge in [-0.15, -0.1) is 0 Å². The van der Waals surface area contributed by atoms with E-state index in [0.29, 0.717) is 5.56 Å². The lowest BCUT2D eigenvalue weighted by molar-refractivity contribution is 0.102. The Hall–Kier alpha value is -3.08. The molecule has 0 radical (unpaired) electrons. The van der Waals surface area contributed by atoms with Crippen molar-refractivity contribution in [3.63, 3.8) is 0 Å². The van der Waals surface area contributed by atoms with E-state index in [1.807, 2.05) is 44.2 Å². The standard InChI is InChI=1S/C19H19N3O2/c1-13-12-18(19(23)21-15-8-10-20-11-9-15)14(2)22(13)16-4-6-17(24-3)7-5-16/h4-12H,1-3H3,(H,20,21,23). The van der Waals surface area contributed by atoms with Crippen molar-refractivity contribution < 1.29 is 9.53 Å². The maximum absolute atomic E-state index is 12.6. The summed E-state index contributed by atoms with van der Waals surface area (Å²) < 4.78 is 7.25. The van der Waals surface area contributed by atoms with Crippen LogP contribution in [0.4, 0.5) is 5.69 Å². The SMILES string of the molecule is COc1ccc(-n2c(C)cc(C(=O)Nc3ccncc3)c2C)cc1. The van der Waals surface area contributed by atoms with Crippen LogP contribution in [0.5, 0.6) is 5.75 Å². The molecule has 0 saturated carbocycles. The number of anilines is 1. The zero-order chi connectivity index (χ0) is 17.1. The minimum absolute atomic E-state index is 0.130. The van der Waals surface area contributed by atoms with Gasteiger partial charge in [0.25, 0.3) is 5.91 Å². The van der Waals surface area contributed by atoms with Crippen LogP contribution in [0.2, 0.25) is 0 Å². The number of pyridine rings is 1. The van der Waals surface area contributed by atoms with Gasteiger partial charge in [0.05, 0.1) is 12.7 Å². The molecule has 0 unspecified atom stereocenters. The number of carbonyl (C=O) groups excluding carboxylic acids is 1. The number of nitrogens with one attached hydrogen (secondary N) is 1. The van der Waals surface area contributed by atoms with Crippen LogP contribution in [0.3, 0.4) is 0 Å². The van der Waals surface area contributed by atoms with E-state index in [1.165, 1.54) is 0 Å². The molecule has 0 aliphatic rings. The largest absolute Gasteiger partial charge is 0.497 e. The normalized spacial score (nSPS) is 10.5. The summed E-state index contributed by atoms with van der Waals surface area (Å²) in [4.78, 5) is 16.5. The molecule has 5 heteroatoms. The summed E-state index contributed by atoms with van der Waals surface area (Å²) in [5, 5.41) is 2.90. The summed E-state index contributed by atoms with van der Waals surface area (Å²) in [7, 11) is 1.64. The van der Waals surface area contributed by atoms with Crippen molar-refractivity contribution in [2.24, 2.45) is 0 Å². The van der Waals surface area contributed by atoms with Gasteiger partial charge in [-0.3, -0.25) is 9.78 Å². The van der Waals surface area contributed by atoms with Crippen molar-refractivity contribution in [1.29, 1.82) is 0 Å². The van der Waals surface area contributed by atoms with E-state index in [-0.39, 0.29) is 5.91 Å². The molecule has 0 spiro atoms. The third kappa shape index (κ3) is 3.01. The zero-order valence-corrected chi connectivity index (χ0v) is 13.9. The van der Waals surface area contributed by atoms with E-state index >= 15 is 0 Å². The second-order valence-electron chi connectivity index (χ2n) is 5.51. The highest BCUT2D eigenvalue weighted by Gasteiger charge is 2.16. The third-order valence-corrected chi connectivity index (χ3v) is 3.94. The molecule has 3 aromatic rings. The fourth-order valence-corrected chi connectivity index (χ4v) is 2.75. The Balaban J connectivity index is 1.92. The number of methoxy groups -OCH3 is 1. The first kappa shape index (κ1) is 15.8. The first-order valence-electron chi connectivity index (χ1n) is 7.65. The molecule has 1 aromatic carbocycles. The molecular weight excluding hydrogens is 302 g/mol. The van der Waals surface area contributed by atoms with E-state index < -0.39 is 0 Å². The minimum Gasteiger partial charge on any atom is -0.497 e. The summed E-state index contributed by atoms with van der Waals surface area (Å²) >= 11 is 0. The number of hydrogen-bond acceptors (Lipinski definition) is 3. The third-order valence-electron chi connectivity index (χ3n) is 3.94. The van der Waals surface area contributed by atoms with E-state index in [9.17, 15) is 4.79 Å². The number of hydrogen-bond donors (Lipinski definition) is 1. The molecule has 3 rings (SSSR count). The molecule has 0 atom stereocenters. The molecule has 2 aromatic heterocycles. The van der Waals surface area contributed by atoms with E-state index in [4.69, 9.17) is 4.74 Å². The van der Waals surface area contributed by atoms with Crippen molar-refractivity contribution in [3.8, 4) is 11.4 Å². The predicted octanol–water partition coefficient (Wildman–Crippen LogP) is 3.75. The van der Waals surface area contributed by atoms with E-state index in [0.717, 1.165) is 28.5 Å². The number of amides is 1. The molecule has 1 amide bonds. The van der Waals surface area contributed by atoms with Gasteiger partial charge in [0, 0.05) is 35.2 Å². The Labute approximate surface area is 140 Å². The molecule has 122 valence electrons. The Kier molecular flexibility index (Phi) is 4.33. The fourth-order valence-electron chi connectivity index (χ4n) is 2.75. The molecule has 0 aliphatic heterocycles. The first-order chi connectivity index (χ1) is 11.6. The highest BCUT2D eigenvalue weighted by molar-refractivity contribution is 6.05. The molecule has 0 saturated heterocycles. The molecule has 5 nitrogen and oxygen atoms in total. The smallest absolute Gasteiger partial charge is 0.257 e. The van der Waals surface area contributed by atoms with Crippen LogP contribution in [0.15, 0.2) is 54.9 Å². The van der Waals surface area contributed by atoms with Gasteiger partial charge in [0.15, 0.2) is 0 Å². The quantitative estimate of drug-likeness (QED) is 0.796. The Morgan fingerprint density at radius 3 is 2.38 bits per heavy atom. The van der Waals surface area contributed by atoms with Crippen molar-refractivity contribution in [2.75, 3.05) is 12.4 Å². The van der Waals surface area contributed by atoms with Crippen LogP contribution in [-0.2, 0) is 0 Å². The lowest BCUT2D eigenvalue weighted by atomic mass is 10.2. The van der Waals surface area contributed by atoms with Gasteiger partial charge in [-0.2, -0.15) is 0 Å². The van der Waals surface area contributed by atoms with Gasteiger partial charge >= 0.3 is 0 Å². The Bertz CT molecular complexity index is 852. The van der Waals surface area contributed by atoms with Crippen LogP contribution in [0, 0.1) is 13.8 Å². The number of benzene rings is 1. The number of nitrogens with zero attached hydrogens (tertiary/aromatic N) is 2. The number of rotatable bonds is 4. The number of aryl methyl sites for hydroxylation is 1. The van der Waals surface area contributed by atoms with Crippen LogP contribution in [0.1, 0.15) is 21.7 Å². The van der Waals surface area contributed by atoms with Gasteiger partial charge in [-0.05, 0) is 56.3 Å². The number of aromatic nitrogens is 2. The van der Waals surface area contributed by atoms with Crippen molar-refractivity contribution in [2.45, 2.75) is 13.8 Å². The molecule has 2 heterocycles.